The number of alkyl halides is 3. The number of rotatable bonds is 6. The molecule has 0 bridgehead atoms. The zero-order chi connectivity index (χ0) is 27.5. The summed E-state index contributed by atoms with van der Waals surface area (Å²) in [4.78, 5) is 25.4. The van der Waals surface area contributed by atoms with E-state index in [9.17, 15) is 22.8 Å². The van der Waals surface area contributed by atoms with Crippen LogP contribution in [0.15, 0.2) is 57.7 Å². The Balaban J connectivity index is 1.42. The average Bonchev–Trinajstić information content (AvgIpc) is 3.54. The molecule has 4 heterocycles. The van der Waals surface area contributed by atoms with E-state index in [1.165, 1.54) is 22.0 Å². The minimum absolute atomic E-state index is 0.0311. The summed E-state index contributed by atoms with van der Waals surface area (Å²) in [5.74, 6) is 0.247. The Hall–Kier alpha value is -3.80. The van der Waals surface area contributed by atoms with Crippen LogP contribution in [0.4, 0.5) is 13.2 Å². The number of azo groups is 1. The minimum atomic E-state index is -4.67. The van der Waals surface area contributed by atoms with Gasteiger partial charge in [-0.3, -0.25) is 18.8 Å². The third-order valence-corrected chi connectivity index (χ3v) is 8.02. The number of aromatic nitrogens is 2. The molecule has 2 aliphatic heterocycles. The highest BCUT2D eigenvalue weighted by atomic mass is 19.4. The molecule has 12 heteroatoms. The molecule has 2 aromatic heterocycles. The summed E-state index contributed by atoms with van der Waals surface area (Å²) in [5.41, 5.74) is -0.0133. The monoisotopic (exact) mass is 539 g/mol. The summed E-state index contributed by atoms with van der Waals surface area (Å²) in [6, 6.07) is 8.43. The van der Waals surface area contributed by atoms with Gasteiger partial charge in [0.2, 0.25) is 5.91 Å². The van der Waals surface area contributed by atoms with Crippen molar-refractivity contribution in [2.24, 2.45) is 16.1 Å². The number of hydrogen-bond acceptors (Lipinski definition) is 5. The van der Waals surface area contributed by atoms with Crippen molar-refractivity contribution in [1.82, 2.24) is 19.0 Å². The summed E-state index contributed by atoms with van der Waals surface area (Å²) in [5, 5.41) is 11.5. The number of halogens is 3. The highest BCUT2D eigenvalue weighted by Gasteiger charge is 2.42. The fraction of sp³-hybridized carbons (Fsp3) is 0.407. The Morgan fingerprint density at radius 3 is 2.56 bits per heavy atom. The number of hydrogen-bond donors (Lipinski definition) is 0. The molecule has 3 aliphatic rings. The van der Waals surface area contributed by atoms with E-state index in [2.05, 4.69) is 10.2 Å². The quantitative estimate of drug-likeness (QED) is 0.441. The number of hydrazine groups is 1. The second-order valence-electron chi connectivity index (χ2n) is 10.4. The first-order valence-corrected chi connectivity index (χ1v) is 12.9. The minimum Gasteiger partial charge on any atom is -0.278 e. The van der Waals surface area contributed by atoms with Gasteiger partial charge in [0.15, 0.2) is 0 Å². The topological polar surface area (TPSA) is 77.7 Å². The predicted molar refractivity (Wildman–Crippen MR) is 136 cm³/mol. The van der Waals surface area contributed by atoms with Crippen LogP contribution >= 0.6 is 0 Å². The number of imidazole rings is 1. The average molecular weight is 540 g/mol. The van der Waals surface area contributed by atoms with Crippen LogP contribution in [0.25, 0.3) is 11.2 Å². The molecule has 1 atom stereocenters. The van der Waals surface area contributed by atoms with Crippen LogP contribution in [-0.4, -0.2) is 56.4 Å². The number of likely N-dealkylation sites (N-methyl/N-ethyl adjacent to an activating group) is 1. The third-order valence-electron chi connectivity index (χ3n) is 8.02. The molecule has 39 heavy (non-hydrogen) atoms. The molecule has 9 nitrogen and oxygen atoms in total. The fourth-order valence-electron chi connectivity index (χ4n) is 5.68. The lowest BCUT2D eigenvalue weighted by molar-refractivity contribution is -0.480. The number of amides is 1. The molecule has 1 aromatic carbocycles. The van der Waals surface area contributed by atoms with Gasteiger partial charge in [-0.2, -0.15) is 13.2 Å². The molecule has 1 saturated heterocycles. The van der Waals surface area contributed by atoms with Crippen LogP contribution in [0.3, 0.4) is 0 Å². The predicted octanol–water partition coefficient (Wildman–Crippen LogP) is 4.20. The first-order chi connectivity index (χ1) is 18.6. The first-order valence-electron chi connectivity index (χ1n) is 12.9. The Morgan fingerprint density at radius 2 is 1.95 bits per heavy atom. The van der Waals surface area contributed by atoms with E-state index in [1.807, 2.05) is 29.8 Å². The summed E-state index contributed by atoms with van der Waals surface area (Å²) >= 11 is 0. The van der Waals surface area contributed by atoms with E-state index in [-0.39, 0.29) is 29.4 Å². The molecule has 203 valence electrons. The second kappa shape index (κ2) is 9.44. The number of pyridine rings is 1. The smallest absolute Gasteiger partial charge is 0.278 e. The standard InChI is InChI=1S/C27H28F3N7O2/c1-33-16-31-32-25(33)24(18-5-3-6-18)19-7-4-8-20(12-19)36-15-22-21(27(28,29)30)11-17(14-37(22)26(36)39)13-35-10-9-23(38)34(35)2/h4,7-8,11-12,14-16,18,24H,3,5-6,9-10,13H2,1-2H3/q+1/t24-/m1/s1. The van der Waals surface area contributed by atoms with Crippen molar-refractivity contribution >= 4 is 17.8 Å². The number of carbonyl (C=O) groups is 1. The molecule has 0 spiro atoms. The van der Waals surface area contributed by atoms with Gasteiger partial charge < -0.3 is 0 Å². The SMILES string of the molecule is CN1C(=O)CCN1Cc1cc(C(F)(F)F)c2cn(-c3cccc([C@H]([C]4N=NC=[N+]4C)C4CCC4)c3)c(=O)n2c1. The van der Waals surface area contributed by atoms with Crippen molar-refractivity contribution in [2.45, 2.75) is 44.3 Å². The molecule has 1 amide bonds. The first kappa shape index (κ1) is 25.5. The van der Waals surface area contributed by atoms with Gasteiger partial charge >= 0.3 is 24.4 Å². The molecule has 1 aliphatic carbocycles. The Bertz CT molecular complexity index is 1570. The van der Waals surface area contributed by atoms with E-state index >= 15 is 0 Å². The molecule has 0 N–H and O–H groups in total. The van der Waals surface area contributed by atoms with E-state index in [0.29, 0.717) is 24.6 Å². The van der Waals surface area contributed by atoms with E-state index in [4.69, 9.17) is 0 Å². The zero-order valence-corrected chi connectivity index (χ0v) is 21.6. The van der Waals surface area contributed by atoms with Gasteiger partial charge in [-0.25, -0.2) is 14.4 Å². The largest absolute Gasteiger partial charge is 0.418 e. The molecule has 1 saturated carbocycles. The van der Waals surface area contributed by atoms with Crippen molar-refractivity contribution < 1.29 is 22.5 Å². The van der Waals surface area contributed by atoms with Gasteiger partial charge in [-0.15, -0.1) is 0 Å². The normalized spacial score (nSPS) is 19.8. The molecular weight excluding hydrogens is 511 g/mol. The number of benzene rings is 1. The molecule has 6 rings (SSSR count). The van der Waals surface area contributed by atoms with Crippen LogP contribution in [0.5, 0.6) is 0 Å². The summed E-state index contributed by atoms with van der Waals surface area (Å²) in [6.07, 6.45) is 4.01. The van der Waals surface area contributed by atoms with Crippen molar-refractivity contribution in [3.05, 3.63) is 76.1 Å². The fourth-order valence-corrected chi connectivity index (χ4v) is 5.68. The lowest BCUT2D eigenvalue weighted by atomic mass is 9.71. The maximum absolute atomic E-state index is 14.2. The van der Waals surface area contributed by atoms with Gasteiger partial charge in [0.25, 0.3) is 0 Å². The van der Waals surface area contributed by atoms with E-state index in [0.717, 1.165) is 41.5 Å². The van der Waals surface area contributed by atoms with Gasteiger partial charge in [0.05, 0.1) is 34.8 Å². The molecule has 1 radical (unpaired) electrons. The number of fused-ring (bicyclic) bond motifs is 1. The van der Waals surface area contributed by atoms with E-state index < -0.39 is 17.4 Å². The zero-order valence-electron chi connectivity index (χ0n) is 21.6. The van der Waals surface area contributed by atoms with Crippen LogP contribution in [0.2, 0.25) is 0 Å². The van der Waals surface area contributed by atoms with Crippen molar-refractivity contribution in [3.63, 3.8) is 0 Å². The molecular formula is C27H28F3N7O2+. The van der Waals surface area contributed by atoms with Crippen LogP contribution in [0, 0.1) is 12.1 Å². The third kappa shape index (κ3) is 4.46. The maximum atomic E-state index is 14.2. The van der Waals surface area contributed by atoms with Gasteiger partial charge in [0, 0.05) is 39.0 Å². The van der Waals surface area contributed by atoms with Crippen LogP contribution < -0.4 is 5.69 Å². The van der Waals surface area contributed by atoms with Crippen molar-refractivity contribution in [1.29, 1.82) is 0 Å². The number of nitrogens with zero attached hydrogens (tertiary/aromatic N) is 7. The van der Waals surface area contributed by atoms with Gasteiger partial charge in [-0.1, -0.05) is 18.6 Å². The highest BCUT2D eigenvalue weighted by molar-refractivity contribution is 5.77. The molecule has 0 unspecified atom stereocenters. The lowest BCUT2D eigenvalue weighted by Crippen LogP contribution is -2.35. The van der Waals surface area contributed by atoms with Crippen LogP contribution in [0.1, 0.15) is 48.3 Å². The molecule has 3 aromatic rings. The molecule has 2 fully saturated rings. The summed E-state index contributed by atoms with van der Waals surface area (Å²) < 4.78 is 46.7. The maximum Gasteiger partial charge on any atom is 0.418 e. The van der Waals surface area contributed by atoms with Crippen LogP contribution in [-0.2, 0) is 17.5 Å². The second-order valence-corrected chi connectivity index (χ2v) is 10.4. The van der Waals surface area contributed by atoms with Crippen molar-refractivity contribution in [3.8, 4) is 5.69 Å². The van der Waals surface area contributed by atoms with Crippen molar-refractivity contribution in [2.75, 3.05) is 20.6 Å². The number of carbonyl (C=O) groups excluding carboxylic acids is 1. The Labute approximate surface area is 222 Å². The van der Waals surface area contributed by atoms with Gasteiger partial charge in [0.1, 0.15) is 0 Å². The highest BCUT2D eigenvalue weighted by Crippen LogP contribution is 2.46. The summed E-state index contributed by atoms with van der Waals surface area (Å²) in [7, 11) is 3.48. The summed E-state index contributed by atoms with van der Waals surface area (Å²) in [6.45, 7) is 0.486. The lowest BCUT2D eigenvalue weighted by Gasteiger charge is -2.34. The van der Waals surface area contributed by atoms with E-state index in [1.54, 1.807) is 24.5 Å². The Morgan fingerprint density at radius 1 is 1.15 bits per heavy atom. The Kier molecular flexibility index (Phi) is 6.17. The van der Waals surface area contributed by atoms with Gasteiger partial charge in [-0.05, 0) is 53.2 Å².